The van der Waals surface area contributed by atoms with Crippen LogP contribution < -0.4 is 53.1 Å². The average molecular weight is 257 g/mol. The molecule has 0 saturated heterocycles. The molecule has 1 rings (SSSR count). The molecule has 0 aromatic carbocycles. The summed E-state index contributed by atoms with van der Waals surface area (Å²) in [5, 5.41) is 13.5. The van der Waals surface area contributed by atoms with Gasteiger partial charge in [0.05, 0.1) is 12.3 Å². The molecule has 82 valence electrons. The van der Waals surface area contributed by atoms with Gasteiger partial charge in [0.25, 0.3) is 0 Å². The monoisotopic (exact) mass is 256 g/mol. The SMILES string of the molecule is NC(=O)N/N=C/c1ccc([N+](=O)[O-])o1.[Cl-].[Na+]. The smallest absolute Gasteiger partial charge is 1.00 e. The predicted molar refractivity (Wildman–Crippen MR) is 45.7 cm³/mol. The molecule has 0 atom stereocenters. The van der Waals surface area contributed by atoms with E-state index >= 15 is 0 Å². The predicted octanol–water partition coefficient (Wildman–Crippen LogP) is -5.80. The maximum atomic E-state index is 10.2. The number of hydrogen-bond acceptors (Lipinski definition) is 5. The third-order valence-corrected chi connectivity index (χ3v) is 1.16. The largest absolute Gasteiger partial charge is 1.00 e. The number of hydrazone groups is 1. The van der Waals surface area contributed by atoms with E-state index < -0.39 is 16.8 Å². The first-order chi connectivity index (χ1) is 6.59. The third kappa shape index (κ3) is 5.71. The Bertz CT molecular complexity index is 394. The summed E-state index contributed by atoms with van der Waals surface area (Å²) in [6, 6.07) is 1.68. The van der Waals surface area contributed by atoms with E-state index in [-0.39, 0.29) is 47.7 Å². The van der Waals surface area contributed by atoms with Crippen molar-refractivity contribution in [3.8, 4) is 0 Å². The van der Waals surface area contributed by atoms with Gasteiger partial charge in [0.2, 0.25) is 0 Å². The molecule has 10 heteroatoms. The fraction of sp³-hybridized carbons (Fsp3) is 0. The Morgan fingerprint density at radius 2 is 2.25 bits per heavy atom. The van der Waals surface area contributed by atoms with E-state index in [0.717, 1.165) is 6.21 Å². The molecule has 0 spiro atoms. The zero-order chi connectivity index (χ0) is 10.6. The molecule has 2 amide bonds. The number of nitro groups is 1. The molecule has 3 N–H and O–H groups in total. The van der Waals surface area contributed by atoms with Crippen LogP contribution in [0.15, 0.2) is 21.7 Å². The van der Waals surface area contributed by atoms with Crippen LogP contribution in [-0.4, -0.2) is 17.2 Å². The normalized spacial score (nSPS) is 9.00. The van der Waals surface area contributed by atoms with Crippen LogP contribution >= 0.6 is 0 Å². The van der Waals surface area contributed by atoms with E-state index in [4.69, 9.17) is 5.73 Å². The van der Waals surface area contributed by atoms with Gasteiger partial charge in [-0.05, 0) is 6.07 Å². The van der Waals surface area contributed by atoms with Crippen LogP contribution in [0.25, 0.3) is 0 Å². The summed E-state index contributed by atoms with van der Waals surface area (Å²) in [5.74, 6) is -0.254. The van der Waals surface area contributed by atoms with Crippen molar-refractivity contribution < 1.29 is 56.1 Å². The molecule has 1 aromatic rings. The number of rotatable bonds is 3. The van der Waals surface area contributed by atoms with Gasteiger partial charge in [-0.1, -0.05) is 0 Å². The summed E-state index contributed by atoms with van der Waals surface area (Å²) in [6.07, 6.45) is 1.10. The Balaban J connectivity index is 0. The van der Waals surface area contributed by atoms with Crippen LogP contribution in [0.4, 0.5) is 10.7 Å². The minimum absolute atomic E-state index is 0. The van der Waals surface area contributed by atoms with E-state index in [1.165, 1.54) is 12.1 Å². The molecule has 1 aromatic heterocycles. The molecule has 1 heterocycles. The Morgan fingerprint density at radius 3 is 2.69 bits per heavy atom. The molecular formula is C6H6ClN4NaO4. The van der Waals surface area contributed by atoms with Gasteiger partial charge in [0.1, 0.15) is 4.92 Å². The Kier molecular flexibility index (Phi) is 8.77. The second-order valence-electron chi connectivity index (χ2n) is 2.17. The molecule has 0 aliphatic heterocycles. The van der Waals surface area contributed by atoms with Gasteiger partial charge < -0.3 is 22.6 Å². The van der Waals surface area contributed by atoms with E-state index in [1.807, 2.05) is 5.43 Å². The first-order valence-corrected chi connectivity index (χ1v) is 3.42. The number of furan rings is 1. The summed E-state index contributed by atoms with van der Waals surface area (Å²) >= 11 is 0. The zero-order valence-corrected chi connectivity index (χ0v) is 11.0. The van der Waals surface area contributed by atoms with Crippen molar-refractivity contribution in [3.63, 3.8) is 0 Å². The number of nitrogens with two attached hydrogens (primary N) is 1. The number of urea groups is 1. The van der Waals surface area contributed by atoms with Crippen molar-refractivity contribution >= 4 is 18.1 Å². The number of carbonyl (C=O) groups excluding carboxylic acids is 1. The van der Waals surface area contributed by atoms with Crippen LogP contribution in [0, 0.1) is 10.1 Å². The quantitative estimate of drug-likeness (QED) is 0.242. The number of amides is 2. The number of halogens is 1. The molecule has 0 aliphatic carbocycles. The first-order valence-electron chi connectivity index (χ1n) is 3.42. The van der Waals surface area contributed by atoms with Crippen molar-refractivity contribution in [2.45, 2.75) is 0 Å². The van der Waals surface area contributed by atoms with Crippen molar-refractivity contribution in [2.75, 3.05) is 0 Å². The molecule has 0 unspecified atom stereocenters. The molecule has 8 nitrogen and oxygen atoms in total. The van der Waals surface area contributed by atoms with E-state index in [2.05, 4.69) is 9.52 Å². The van der Waals surface area contributed by atoms with Crippen LogP contribution in [0.2, 0.25) is 0 Å². The molecule has 16 heavy (non-hydrogen) atoms. The zero-order valence-electron chi connectivity index (χ0n) is 8.21. The van der Waals surface area contributed by atoms with Gasteiger partial charge in [0.15, 0.2) is 5.76 Å². The number of nitrogens with zero attached hydrogens (tertiary/aromatic N) is 2. The maximum absolute atomic E-state index is 10.2. The Morgan fingerprint density at radius 1 is 1.62 bits per heavy atom. The van der Waals surface area contributed by atoms with Crippen LogP contribution in [0.5, 0.6) is 0 Å². The summed E-state index contributed by atoms with van der Waals surface area (Å²) in [5.41, 5.74) is 6.62. The third-order valence-electron chi connectivity index (χ3n) is 1.16. The van der Waals surface area contributed by atoms with Crippen molar-refractivity contribution in [2.24, 2.45) is 10.8 Å². The number of carbonyl (C=O) groups is 1. The van der Waals surface area contributed by atoms with Gasteiger partial charge in [-0.2, -0.15) is 5.10 Å². The van der Waals surface area contributed by atoms with Gasteiger partial charge in [-0.15, -0.1) is 0 Å². The molecule has 0 aliphatic rings. The second kappa shape index (κ2) is 8.11. The van der Waals surface area contributed by atoms with Crippen LogP contribution in [0.1, 0.15) is 5.76 Å². The summed E-state index contributed by atoms with van der Waals surface area (Å²) in [4.78, 5) is 19.7. The van der Waals surface area contributed by atoms with Crippen molar-refractivity contribution in [1.29, 1.82) is 0 Å². The Hall–Kier alpha value is -1.09. The molecular weight excluding hydrogens is 251 g/mol. The number of hydrogen-bond donors (Lipinski definition) is 2. The van der Waals surface area contributed by atoms with Crippen LogP contribution in [0.3, 0.4) is 0 Å². The first kappa shape index (κ1) is 17.3. The fourth-order valence-corrected chi connectivity index (χ4v) is 0.669. The standard InChI is InChI=1S/C6H6N4O4.ClH.Na/c7-6(11)9-8-3-4-1-2-5(14-4)10(12)13;;/h1-3H,(H3,7,9,11);1H;/q;;+1/p-1/b8-3+;;. The van der Waals surface area contributed by atoms with Crippen molar-refractivity contribution in [3.05, 3.63) is 28.0 Å². The van der Waals surface area contributed by atoms with Gasteiger partial charge >= 0.3 is 41.5 Å². The average Bonchev–Trinajstić information content (AvgIpc) is 2.52. The minimum Gasteiger partial charge on any atom is -1.00 e. The number of nitrogens with one attached hydrogen (secondary N) is 1. The fourth-order valence-electron chi connectivity index (χ4n) is 0.669. The second-order valence-corrected chi connectivity index (χ2v) is 2.17. The summed E-state index contributed by atoms with van der Waals surface area (Å²) in [6.45, 7) is 0. The van der Waals surface area contributed by atoms with Crippen molar-refractivity contribution in [1.82, 2.24) is 5.43 Å². The van der Waals surface area contributed by atoms with Crippen LogP contribution in [-0.2, 0) is 0 Å². The maximum Gasteiger partial charge on any atom is 1.00 e. The summed E-state index contributed by atoms with van der Waals surface area (Å²) < 4.78 is 4.69. The molecule has 0 saturated carbocycles. The molecule has 0 fully saturated rings. The van der Waals surface area contributed by atoms with E-state index in [1.54, 1.807) is 0 Å². The summed E-state index contributed by atoms with van der Waals surface area (Å²) in [7, 11) is 0. The molecule has 0 bridgehead atoms. The van der Waals surface area contributed by atoms with Gasteiger partial charge in [-0.25, -0.2) is 10.2 Å². The van der Waals surface area contributed by atoms with E-state index in [9.17, 15) is 14.9 Å². The topological polar surface area (TPSA) is 124 Å². The van der Waals surface area contributed by atoms with Gasteiger partial charge in [-0.3, -0.25) is 10.1 Å². The minimum atomic E-state index is -0.831. The molecule has 0 radical (unpaired) electrons. The van der Waals surface area contributed by atoms with E-state index in [0.29, 0.717) is 0 Å². The van der Waals surface area contributed by atoms with Gasteiger partial charge in [0, 0.05) is 0 Å². The Labute approximate surface area is 118 Å². The number of primary amides is 1.